The lowest BCUT2D eigenvalue weighted by Crippen LogP contribution is -2.52. The van der Waals surface area contributed by atoms with Crippen LogP contribution in [0.25, 0.3) is 0 Å². The third-order valence-corrected chi connectivity index (χ3v) is 8.54. The zero-order valence-electron chi connectivity index (χ0n) is 19.8. The Bertz CT molecular complexity index is 1180. The number of sulfonamides is 1. The maximum absolute atomic E-state index is 13.6. The largest absolute Gasteiger partial charge is 0.456 e. The summed E-state index contributed by atoms with van der Waals surface area (Å²) in [6, 6.07) is 12.2. The van der Waals surface area contributed by atoms with Gasteiger partial charge in [-0.15, -0.1) is 0 Å². The molecule has 7 nitrogen and oxygen atoms in total. The molecule has 0 aromatic heterocycles. The highest BCUT2D eigenvalue weighted by molar-refractivity contribution is 7.89. The Hall–Kier alpha value is -2.89. The van der Waals surface area contributed by atoms with Crippen LogP contribution in [-0.4, -0.2) is 49.7 Å². The molecule has 2 aromatic carbocycles. The highest BCUT2D eigenvalue weighted by atomic mass is 32.2. The Morgan fingerprint density at radius 3 is 2.24 bits per heavy atom. The number of carbonyl (C=O) groups is 1. The van der Waals surface area contributed by atoms with Gasteiger partial charge in [-0.3, -0.25) is 4.79 Å². The number of nitrogens with zero attached hydrogens (tertiary/aromatic N) is 3. The van der Waals surface area contributed by atoms with Gasteiger partial charge in [0.15, 0.2) is 0 Å². The number of nitriles is 1. The molecule has 8 heteroatoms. The van der Waals surface area contributed by atoms with Gasteiger partial charge in [0.1, 0.15) is 16.4 Å². The van der Waals surface area contributed by atoms with Crippen molar-refractivity contribution in [3.05, 3.63) is 53.1 Å². The second-order valence-electron chi connectivity index (χ2n) is 9.26. The van der Waals surface area contributed by atoms with Crippen LogP contribution in [-0.2, 0) is 14.8 Å². The standard InChI is InChI=1S/C26H31N3O4S/c1-19-14-20(2)16-23(15-19)33-24-9-8-21(18-27)17-25(24)34(31,32)29-12-10-28(11-13-29)26(30)22-6-4-3-5-7-22/h8-9,14-17,22H,3-7,10-13H2,1-2H3. The summed E-state index contributed by atoms with van der Waals surface area (Å²) in [5.74, 6) is 0.954. The molecule has 0 N–H and O–H groups in total. The fraction of sp³-hybridized carbons (Fsp3) is 0.462. The van der Waals surface area contributed by atoms with Crippen molar-refractivity contribution in [2.24, 2.45) is 5.92 Å². The average Bonchev–Trinajstić information content (AvgIpc) is 2.83. The van der Waals surface area contributed by atoms with E-state index in [2.05, 4.69) is 0 Å². The summed E-state index contributed by atoms with van der Waals surface area (Å²) in [5.41, 5.74) is 2.26. The monoisotopic (exact) mass is 481 g/mol. The number of hydrogen-bond acceptors (Lipinski definition) is 5. The first-order valence-electron chi connectivity index (χ1n) is 11.9. The van der Waals surface area contributed by atoms with E-state index in [0.29, 0.717) is 18.8 Å². The number of piperazine rings is 1. The van der Waals surface area contributed by atoms with Crippen LogP contribution in [0.4, 0.5) is 0 Å². The van der Waals surface area contributed by atoms with E-state index in [9.17, 15) is 18.5 Å². The molecular formula is C26H31N3O4S. The number of ether oxygens (including phenoxy) is 1. The van der Waals surface area contributed by atoms with Crippen molar-refractivity contribution in [2.75, 3.05) is 26.2 Å². The first-order valence-corrected chi connectivity index (χ1v) is 13.3. The average molecular weight is 482 g/mol. The number of aryl methyl sites for hydroxylation is 2. The molecule has 1 heterocycles. The number of rotatable bonds is 5. The molecule has 0 radical (unpaired) electrons. The van der Waals surface area contributed by atoms with Gasteiger partial charge < -0.3 is 9.64 Å². The highest BCUT2D eigenvalue weighted by Crippen LogP contribution is 2.33. The summed E-state index contributed by atoms with van der Waals surface area (Å²) in [4.78, 5) is 14.7. The van der Waals surface area contributed by atoms with Gasteiger partial charge in [-0.25, -0.2) is 8.42 Å². The summed E-state index contributed by atoms with van der Waals surface area (Å²) >= 11 is 0. The summed E-state index contributed by atoms with van der Waals surface area (Å²) in [5, 5.41) is 9.37. The molecule has 1 amide bonds. The fourth-order valence-electron chi connectivity index (χ4n) is 4.88. The quantitative estimate of drug-likeness (QED) is 0.632. The van der Waals surface area contributed by atoms with Crippen molar-refractivity contribution in [3.63, 3.8) is 0 Å². The maximum atomic E-state index is 13.6. The normalized spacial score (nSPS) is 17.9. The topological polar surface area (TPSA) is 90.7 Å². The van der Waals surface area contributed by atoms with Crippen LogP contribution in [0, 0.1) is 31.1 Å². The SMILES string of the molecule is Cc1cc(C)cc(Oc2ccc(C#N)cc2S(=O)(=O)N2CCN(C(=O)C3CCCCC3)CC2)c1. The summed E-state index contributed by atoms with van der Waals surface area (Å²) in [6.07, 6.45) is 5.21. The van der Waals surface area contributed by atoms with Crippen LogP contribution in [0.3, 0.4) is 0 Å². The second kappa shape index (κ2) is 10.2. The highest BCUT2D eigenvalue weighted by Gasteiger charge is 2.34. The van der Waals surface area contributed by atoms with Crippen molar-refractivity contribution in [2.45, 2.75) is 50.8 Å². The van der Waals surface area contributed by atoms with E-state index in [1.807, 2.05) is 38.1 Å². The van der Waals surface area contributed by atoms with Crippen LogP contribution in [0.2, 0.25) is 0 Å². The predicted molar refractivity (Wildman–Crippen MR) is 129 cm³/mol. The zero-order valence-corrected chi connectivity index (χ0v) is 20.6. The number of carbonyl (C=O) groups excluding carboxylic acids is 1. The Balaban J connectivity index is 1.54. The Kier molecular flexibility index (Phi) is 7.24. The van der Waals surface area contributed by atoms with Gasteiger partial charge in [-0.2, -0.15) is 9.57 Å². The molecule has 0 unspecified atom stereocenters. The van der Waals surface area contributed by atoms with Crippen molar-refractivity contribution >= 4 is 15.9 Å². The lowest BCUT2D eigenvalue weighted by atomic mass is 9.88. The molecule has 1 saturated heterocycles. The molecule has 1 aliphatic carbocycles. The molecule has 4 rings (SSSR count). The van der Waals surface area contributed by atoms with Crippen LogP contribution in [0.5, 0.6) is 11.5 Å². The Morgan fingerprint density at radius 1 is 0.971 bits per heavy atom. The minimum absolute atomic E-state index is 0.0298. The third kappa shape index (κ3) is 5.26. The van der Waals surface area contributed by atoms with Crippen LogP contribution in [0.1, 0.15) is 48.8 Å². The second-order valence-corrected chi connectivity index (χ2v) is 11.2. The minimum Gasteiger partial charge on any atom is -0.456 e. The zero-order chi connectivity index (χ0) is 24.3. The summed E-state index contributed by atoms with van der Waals surface area (Å²) < 4.78 is 34.6. The number of amides is 1. The van der Waals surface area contributed by atoms with E-state index in [4.69, 9.17) is 4.74 Å². The summed E-state index contributed by atoms with van der Waals surface area (Å²) in [6.45, 7) is 5.09. The van der Waals surface area contributed by atoms with Crippen molar-refractivity contribution in [1.82, 2.24) is 9.21 Å². The lowest BCUT2D eigenvalue weighted by Gasteiger charge is -2.36. The van der Waals surface area contributed by atoms with Gasteiger partial charge in [0.25, 0.3) is 0 Å². The molecule has 0 bridgehead atoms. The first-order chi connectivity index (χ1) is 16.3. The molecular weight excluding hydrogens is 450 g/mol. The molecule has 0 atom stereocenters. The third-order valence-electron chi connectivity index (χ3n) is 6.62. The van der Waals surface area contributed by atoms with E-state index in [-0.39, 0.29) is 41.1 Å². The molecule has 0 spiro atoms. The van der Waals surface area contributed by atoms with Crippen LogP contribution in [0.15, 0.2) is 41.3 Å². The van der Waals surface area contributed by atoms with Crippen molar-refractivity contribution < 1.29 is 17.9 Å². The molecule has 1 aliphatic heterocycles. The number of hydrogen-bond donors (Lipinski definition) is 0. The molecule has 2 fully saturated rings. The van der Waals surface area contributed by atoms with Gasteiger partial charge in [0, 0.05) is 32.1 Å². The van der Waals surface area contributed by atoms with Gasteiger partial charge in [0.05, 0.1) is 11.6 Å². The Morgan fingerprint density at radius 2 is 1.62 bits per heavy atom. The molecule has 180 valence electrons. The van der Waals surface area contributed by atoms with E-state index in [0.717, 1.165) is 36.8 Å². The van der Waals surface area contributed by atoms with Crippen molar-refractivity contribution in [3.8, 4) is 17.6 Å². The predicted octanol–water partition coefficient (Wildman–Crippen LogP) is 4.38. The molecule has 2 aromatic rings. The number of benzene rings is 2. The lowest BCUT2D eigenvalue weighted by molar-refractivity contribution is -0.137. The van der Waals surface area contributed by atoms with Gasteiger partial charge in [0.2, 0.25) is 15.9 Å². The molecule has 2 aliphatic rings. The van der Waals surface area contributed by atoms with Crippen molar-refractivity contribution in [1.29, 1.82) is 5.26 Å². The van der Waals surface area contributed by atoms with Gasteiger partial charge in [-0.1, -0.05) is 25.3 Å². The van der Waals surface area contributed by atoms with Gasteiger partial charge >= 0.3 is 0 Å². The molecule has 34 heavy (non-hydrogen) atoms. The fourth-order valence-corrected chi connectivity index (χ4v) is 6.44. The summed E-state index contributed by atoms with van der Waals surface area (Å²) in [7, 11) is -3.92. The Labute approximate surface area is 202 Å². The minimum atomic E-state index is -3.92. The maximum Gasteiger partial charge on any atom is 0.246 e. The van der Waals surface area contributed by atoms with E-state index in [1.165, 1.54) is 22.9 Å². The molecule has 1 saturated carbocycles. The van der Waals surface area contributed by atoms with E-state index < -0.39 is 10.0 Å². The van der Waals surface area contributed by atoms with Gasteiger partial charge in [-0.05, 0) is 68.1 Å². The van der Waals surface area contributed by atoms with Crippen LogP contribution >= 0.6 is 0 Å². The van der Waals surface area contributed by atoms with Crippen LogP contribution < -0.4 is 4.74 Å². The van der Waals surface area contributed by atoms with E-state index in [1.54, 1.807) is 11.0 Å². The first kappa shape index (κ1) is 24.2. The van der Waals surface area contributed by atoms with E-state index >= 15 is 0 Å². The smallest absolute Gasteiger partial charge is 0.246 e.